The van der Waals surface area contributed by atoms with Crippen LogP contribution in [-0.4, -0.2) is 36.1 Å². The third-order valence-electron chi connectivity index (χ3n) is 3.13. The molecule has 0 atom stereocenters. The quantitative estimate of drug-likeness (QED) is 0.790. The molecule has 0 spiro atoms. The van der Waals surface area contributed by atoms with E-state index in [0.717, 1.165) is 16.3 Å². The van der Waals surface area contributed by atoms with Crippen molar-refractivity contribution >= 4 is 17.2 Å². The van der Waals surface area contributed by atoms with Crippen LogP contribution in [-0.2, 0) is 22.5 Å². The zero-order valence-electron chi connectivity index (χ0n) is 12.4. The Morgan fingerprint density at radius 1 is 1.33 bits per heavy atom. The number of amides is 1. The number of aromatic nitrogens is 1. The summed E-state index contributed by atoms with van der Waals surface area (Å²) in [7, 11) is 1.65. The second-order valence-corrected chi connectivity index (χ2v) is 5.89. The van der Waals surface area contributed by atoms with Gasteiger partial charge in [0.15, 0.2) is 0 Å². The Morgan fingerprint density at radius 2 is 2.10 bits per heavy atom. The number of benzene rings is 1. The molecule has 1 amide bonds. The van der Waals surface area contributed by atoms with E-state index < -0.39 is 0 Å². The van der Waals surface area contributed by atoms with Crippen molar-refractivity contribution in [2.45, 2.75) is 19.9 Å². The third-order valence-corrected chi connectivity index (χ3v) is 3.96. The number of rotatable bonds is 7. The van der Waals surface area contributed by atoms with Crippen molar-refractivity contribution in [2.75, 3.05) is 20.3 Å². The number of nitrogens with zero attached hydrogens (tertiary/aromatic N) is 2. The molecule has 2 aromatic rings. The highest BCUT2D eigenvalue weighted by molar-refractivity contribution is 7.09. The van der Waals surface area contributed by atoms with Gasteiger partial charge in [0.2, 0.25) is 5.91 Å². The summed E-state index contributed by atoms with van der Waals surface area (Å²) in [4.78, 5) is 18.7. The van der Waals surface area contributed by atoms with Crippen molar-refractivity contribution in [3.8, 4) is 0 Å². The molecule has 0 aliphatic rings. The fraction of sp³-hybridized carbons (Fsp3) is 0.375. The first-order valence-electron chi connectivity index (χ1n) is 6.90. The molecular formula is C16H20N2O2S. The fourth-order valence-electron chi connectivity index (χ4n) is 2.05. The Morgan fingerprint density at radius 3 is 2.71 bits per heavy atom. The maximum Gasteiger partial charge on any atom is 0.228 e. The molecule has 0 saturated heterocycles. The third kappa shape index (κ3) is 4.95. The van der Waals surface area contributed by atoms with E-state index in [1.807, 2.05) is 47.5 Å². The molecule has 2 rings (SSSR count). The van der Waals surface area contributed by atoms with Crippen LogP contribution < -0.4 is 0 Å². The van der Waals surface area contributed by atoms with Gasteiger partial charge in [-0.15, -0.1) is 11.3 Å². The summed E-state index contributed by atoms with van der Waals surface area (Å²) in [6.07, 6.45) is 0.348. The lowest BCUT2D eigenvalue weighted by molar-refractivity contribution is -0.131. The SMILES string of the molecule is COCCN(Cc1ccccc1)C(=O)Cc1csc(C)n1. The summed E-state index contributed by atoms with van der Waals surface area (Å²) in [6.45, 7) is 3.68. The number of hydrogen-bond donors (Lipinski definition) is 0. The molecule has 0 fully saturated rings. The molecule has 0 saturated carbocycles. The Bertz CT molecular complexity index is 569. The second-order valence-electron chi connectivity index (χ2n) is 4.83. The van der Waals surface area contributed by atoms with E-state index in [1.165, 1.54) is 0 Å². The summed E-state index contributed by atoms with van der Waals surface area (Å²) in [5.74, 6) is 0.0844. The van der Waals surface area contributed by atoms with Gasteiger partial charge < -0.3 is 9.64 Å². The normalized spacial score (nSPS) is 10.6. The van der Waals surface area contributed by atoms with Crippen molar-refractivity contribution < 1.29 is 9.53 Å². The number of hydrogen-bond acceptors (Lipinski definition) is 4. The van der Waals surface area contributed by atoms with Gasteiger partial charge in [-0.1, -0.05) is 30.3 Å². The predicted octanol–water partition coefficient (Wildman–Crippen LogP) is 2.67. The van der Waals surface area contributed by atoms with Crippen LogP contribution in [0.25, 0.3) is 0 Å². The standard InChI is InChI=1S/C16H20N2O2S/c1-13-17-15(12-21-13)10-16(19)18(8-9-20-2)11-14-6-4-3-5-7-14/h3-7,12H,8-11H2,1-2H3. The Labute approximate surface area is 129 Å². The lowest BCUT2D eigenvalue weighted by atomic mass is 10.2. The monoisotopic (exact) mass is 304 g/mol. The van der Waals surface area contributed by atoms with Crippen LogP contribution in [0.2, 0.25) is 0 Å². The molecule has 1 aromatic heterocycles. The minimum absolute atomic E-state index is 0.0844. The Hall–Kier alpha value is -1.72. The zero-order valence-corrected chi connectivity index (χ0v) is 13.2. The van der Waals surface area contributed by atoms with Gasteiger partial charge in [0.1, 0.15) is 0 Å². The molecule has 1 heterocycles. The van der Waals surface area contributed by atoms with E-state index in [1.54, 1.807) is 18.4 Å². The maximum absolute atomic E-state index is 12.5. The van der Waals surface area contributed by atoms with Gasteiger partial charge in [0, 0.05) is 25.6 Å². The van der Waals surface area contributed by atoms with E-state index in [9.17, 15) is 4.79 Å². The number of ether oxygens (including phenoxy) is 1. The van der Waals surface area contributed by atoms with E-state index in [2.05, 4.69) is 4.98 Å². The molecule has 0 N–H and O–H groups in total. The average Bonchev–Trinajstić information content (AvgIpc) is 2.89. The van der Waals surface area contributed by atoms with Gasteiger partial charge in [-0.3, -0.25) is 4.79 Å². The van der Waals surface area contributed by atoms with Crippen molar-refractivity contribution in [1.82, 2.24) is 9.88 Å². The van der Waals surface area contributed by atoms with Crippen LogP contribution >= 0.6 is 11.3 Å². The van der Waals surface area contributed by atoms with Gasteiger partial charge >= 0.3 is 0 Å². The number of aryl methyl sites for hydroxylation is 1. The highest BCUT2D eigenvalue weighted by Crippen LogP contribution is 2.11. The first kappa shape index (κ1) is 15.7. The van der Waals surface area contributed by atoms with Crippen LogP contribution in [0, 0.1) is 6.92 Å². The van der Waals surface area contributed by atoms with Crippen LogP contribution in [0.1, 0.15) is 16.3 Å². The van der Waals surface area contributed by atoms with Crippen molar-refractivity contribution in [2.24, 2.45) is 0 Å². The van der Waals surface area contributed by atoms with Gasteiger partial charge in [-0.05, 0) is 12.5 Å². The van der Waals surface area contributed by atoms with Crippen molar-refractivity contribution in [3.63, 3.8) is 0 Å². The average molecular weight is 304 g/mol. The zero-order chi connectivity index (χ0) is 15.1. The number of carbonyl (C=O) groups excluding carboxylic acids is 1. The van der Waals surface area contributed by atoms with Gasteiger partial charge in [0.25, 0.3) is 0 Å². The molecule has 0 radical (unpaired) electrons. The first-order valence-corrected chi connectivity index (χ1v) is 7.78. The molecule has 21 heavy (non-hydrogen) atoms. The van der Waals surface area contributed by atoms with E-state index in [4.69, 9.17) is 4.74 Å². The Balaban J connectivity index is 2.02. The highest BCUT2D eigenvalue weighted by Gasteiger charge is 2.15. The molecule has 0 unspecified atom stereocenters. The lowest BCUT2D eigenvalue weighted by Crippen LogP contribution is -2.34. The summed E-state index contributed by atoms with van der Waals surface area (Å²) in [5.41, 5.74) is 1.97. The van der Waals surface area contributed by atoms with Crippen LogP contribution in [0.5, 0.6) is 0 Å². The minimum Gasteiger partial charge on any atom is -0.383 e. The van der Waals surface area contributed by atoms with Crippen molar-refractivity contribution in [3.05, 3.63) is 52.0 Å². The molecule has 5 heteroatoms. The van der Waals surface area contributed by atoms with Gasteiger partial charge in [-0.2, -0.15) is 0 Å². The van der Waals surface area contributed by atoms with E-state index >= 15 is 0 Å². The molecule has 0 aliphatic heterocycles. The molecule has 0 aliphatic carbocycles. The van der Waals surface area contributed by atoms with Crippen LogP contribution in [0.15, 0.2) is 35.7 Å². The van der Waals surface area contributed by atoms with Crippen LogP contribution in [0.4, 0.5) is 0 Å². The largest absolute Gasteiger partial charge is 0.383 e. The molecule has 0 bridgehead atoms. The minimum atomic E-state index is 0.0844. The summed E-state index contributed by atoms with van der Waals surface area (Å²) < 4.78 is 5.11. The smallest absolute Gasteiger partial charge is 0.228 e. The topological polar surface area (TPSA) is 42.4 Å². The molecule has 4 nitrogen and oxygen atoms in total. The first-order chi connectivity index (χ1) is 10.2. The molecular weight excluding hydrogens is 284 g/mol. The fourth-order valence-corrected chi connectivity index (χ4v) is 2.67. The van der Waals surface area contributed by atoms with E-state index in [0.29, 0.717) is 26.1 Å². The number of thiazole rings is 1. The van der Waals surface area contributed by atoms with Gasteiger partial charge in [-0.25, -0.2) is 4.98 Å². The predicted molar refractivity (Wildman–Crippen MR) is 84.3 cm³/mol. The second kappa shape index (κ2) is 7.90. The molecule has 1 aromatic carbocycles. The lowest BCUT2D eigenvalue weighted by Gasteiger charge is -2.22. The highest BCUT2D eigenvalue weighted by atomic mass is 32.1. The number of methoxy groups -OCH3 is 1. The Kier molecular flexibility index (Phi) is 5.90. The van der Waals surface area contributed by atoms with E-state index in [-0.39, 0.29) is 5.91 Å². The van der Waals surface area contributed by atoms with Crippen LogP contribution in [0.3, 0.4) is 0 Å². The summed E-state index contributed by atoms with van der Waals surface area (Å²) in [6, 6.07) is 10.00. The van der Waals surface area contributed by atoms with Crippen molar-refractivity contribution in [1.29, 1.82) is 0 Å². The molecule has 112 valence electrons. The summed E-state index contributed by atoms with van der Waals surface area (Å²) >= 11 is 1.57. The van der Waals surface area contributed by atoms with Gasteiger partial charge in [0.05, 0.1) is 23.7 Å². The number of carbonyl (C=O) groups is 1. The maximum atomic E-state index is 12.5. The summed E-state index contributed by atoms with van der Waals surface area (Å²) in [5, 5.41) is 2.94.